The molecule has 0 amide bonds. The molecule has 1 aromatic rings. The van der Waals surface area contributed by atoms with Crippen LogP contribution >= 0.6 is 0 Å². The van der Waals surface area contributed by atoms with E-state index in [2.05, 4.69) is 10.3 Å². The summed E-state index contributed by atoms with van der Waals surface area (Å²) in [6.07, 6.45) is -23.3. The van der Waals surface area contributed by atoms with Gasteiger partial charge in [-0.15, -0.1) is 0 Å². The number of rotatable bonds is 26. The first kappa shape index (κ1) is 100. The number of methoxy groups -OCH3 is 3. The topological polar surface area (TPSA) is 415 Å². The number of esters is 2. The molecule has 6 aliphatic rings. The van der Waals surface area contributed by atoms with Gasteiger partial charge in [-0.25, -0.2) is 0 Å². The van der Waals surface area contributed by atoms with Crippen LogP contribution in [0.3, 0.4) is 0 Å². The Hall–Kier alpha value is -3.86. The summed E-state index contributed by atoms with van der Waals surface area (Å²) in [7, 11) is 8.17. The maximum Gasteiger partial charge on any atom is 0.311 e. The van der Waals surface area contributed by atoms with Gasteiger partial charge in [-0.2, -0.15) is 0 Å². The normalized spacial score (nSPS) is 45.6. The van der Waals surface area contributed by atoms with Crippen molar-refractivity contribution >= 4 is 23.4 Å². The van der Waals surface area contributed by atoms with Crippen molar-refractivity contribution < 1.29 is 137 Å². The summed E-state index contributed by atoms with van der Waals surface area (Å²) in [4.78, 5) is 45.6. The van der Waals surface area contributed by atoms with E-state index in [-0.39, 0.29) is 76.6 Å². The Balaban J connectivity index is 1.22. The summed E-state index contributed by atoms with van der Waals surface area (Å²) in [5.74, 6) is -9.49. The number of hydrogen-bond donors (Lipinski definition) is 10. The summed E-state index contributed by atoms with van der Waals surface area (Å²) < 4.78 is 88.9. The zero-order valence-electron chi connectivity index (χ0n) is 74.2. The zero-order valence-corrected chi connectivity index (χ0v) is 74.2. The van der Waals surface area contributed by atoms with E-state index in [0.29, 0.717) is 25.9 Å². The lowest BCUT2D eigenvalue weighted by Crippen LogP contribution is -2.62. The number of cyclic esters (lactones) is 2. The van der Waals surface area contributed by atoms with Gasteiger partial charge in [0.1, 0.15) is 54.4 Å². The highest BCUT2D eigenvalue weighted by atomic mass is 16.8. The van der Waals surface area contributed by atoms with Gasteiger partial charge in [-0.05, 0) is 141 Å². The van der Waals surface area contributed by atoms with Gasteiger partial charge in [0.2, 0.25) is 6.79 Å². The van der Waals surface area contributed by atoms with Crippen molar-refractivity contribution in [3.05, 3.63) is 35.9 Å². The van der Waals surface area contributed by atoms with E-state index >= 15 is 0 Å². The molecule has 10 N–H and O–H groups in total. The second kappa shape index (κ2) is 42.7. The van der Waals surface area contributed by atoms with Gasteiger partial charge >= 0.3 is 11.9 Å². The quantitative estimate of drug-likeness (QED) is 0.0228. The van der Waals surface area contributed by atoms with E-state index in [4.69, 9.17) is 76.0 Å². The first-order chi connectivity index (χ1) is 54.6. The van der Waals surface area contributed by atoms with E-state index < -0.39 is 228 Å². The Kier molecular flexibility index (Phi) is 36.6. The molecular weight excluding hydrogens is 1520 g/mol. The number of aliphatic hydroxyl groups excluding tert-OH is 6. The van der Waals surface area contributed by atoms with Crippen molar-refractivity contribution in [2.45, 2.75) is 365 Å². The lowest BCUT2D eigenvalue weighted by molar-refractivity contribution is -0.319. The highest BCUT2D eigenvalue weighted by Crippen LogP contribution is 2.45. The van der Waals surface area contributed by atoms with Crippen LogP contribution in [0.15, 0.2) is 40.6 Å². The molecule has 6 aliphatic heterocycles. The van der Waals surface area contributed by atoms with Crippen LogP contribution in [0.2, 0.25) is 0 Å². The number of benzene rings is 1. The Labute approximate surface area is 694 Å². The van der Waals surface area contributed by atoms with E-state index in [0.717, 1.165) is 5.56 Å². The molecule has 6 heterocycles. The standard InChI is InChI=1S/C85H148N4O28/c1-26-60-84(19,100)70(92)49(7)64(86-106-43-57-31-29-28-30-32-57)45(3)39-80(15,98)74(51(9)68(53(11)76(96)112-60)114-62-41-82(17,103-24)72(94)55(13)110-62)116-78-66(90)58(37-47(5)108-78)88(21)33-34-89(22)59-38-48(6)109-79(67(59)91)117-75-52(10)69(115-63-42-83(18,104-25)73(95)56(14)111-63)54(12)77(97)113-61(27-2)85(20,101)71(93)50(8)65(46(4)40-81(75,16)99)87-107-44-105-36-35-102-23/h28-32,45-56,58-63,66-75,78-79,90-95,98-101H,26-27,33-44H2,1-25H3/b86-64-,87-65-/t45-,46-,47-,48-,49+,50+,51+,52+,53-,54-,55+,56+,58+,59+,60-,61-,62+,63+,66-,67-,68+,69+,70-,71-,72+,73+,74-,75-,78+,79+,80-,81-,82-,83-,84-,85-/m1/s1. The van der Waals surface area contributed by atoms with E-state index in [1.165, 1.54) is 35.2 Å². The van der Waals surface area contributed by atoms with Crippen molar-refractivity contribution in [2.75, 3.05) is 68.5 Å². The van der Waals surface area contributed by atoms with Crippen LogP contribution in [-0.4, -0.2) is 321 Å². The number of aliphatic hydroxyl groups is 10. The lowest BCUT2D eigenvalue weighted by Gasteiger charge is -2.49. The van der Waals surface area contributed by atoms with Crippen LogP contribution in [-0.2, 0) is 92.2 Å². The maximum atomic E-state index is 15.0. The Morgan fingerprint density at radius 2 is 0.880 bits per heavy atom. The third kappa shape index (κ3) is 24.2. The van der Waals surface area contributed by atoms with Gasteiger partial charge < -0.3 is 127 Å². The number of hydrogen-bond acceptors (Lipinski definition) is 32. The van der Waals surface area contributed by atoms with Crippen LogP contribution in [0.1, 0.15) is 195 Å². The molecule has 0 saturated carbocycles. The largest absolute Gasteiger partial charge is 0.459 e. The molecule has 36 atom stereocenters. The molecule has 6 saturated heterocycles. The molecule has 0 unspecified atom stereocenters. The lowest BCUT2D eigenvalue weighted by atomic mass is 9.73. The molecule has 0 aromatic heterocycles. The van der Waals surface area contributed by atoms with E-state index in [1.807, 2.05) is 75.0 Å². The van der Waals surface area contributed by atoms with Crippen LogP contribution in [0.25, 0.3) is 0 Å². The summed E-state index contributed by atoms with van der Waals surface area (Å²) in [6, 6.07) is 8.01. The second-order valence-electron chi connectivity index (χ2n) is 36.1. The van der Waals surface area contributed by atoms with Crippen molar-refractivity contribution in [1.82, 2.24) is 9.80 Å². The number of oxime groups is 2. The van der Waals surface area contributed by atoms with Gasteiger partial charge in [-0.1, -0.05) is 96.0 Å². The van der Waals surface area contributed by atoms with Gasteiger partial charge in [-0.3, -0.25) is 19.4 Å². The van der Waals surface area contributed by atoms with Crippen LogP contribution in [0.5, 0.6) is 0 Å². The molecular formula is C85H148N4O28. The minimum absolute atomic E-state index is 0.000137. The third-order valence-electron chi connectivity index (χ3n) is 26.3. The zero-order chi connectivity index (χ0) is 87.5. The number of nitrogens with zero attached hydrogens (tertiary/aromatic N) is 4. The summed E-state index contributed by atoms with van der Waals surface area (Å²) in [5, 5.41) is 134. The minimum atomic E-state index is -2.07. The molecule has 0 spiro atoms. The summed E-state index contributed by atoms with van der Waals surface area (Å²) in [5.41, 5.74) is -9.07. The van der Waals surface area contributed by atoms with Gasteiger partial charge in [0, 0.05) is 94.9 Å². The average Bonchev–Trinajstić information content (AvgIpc) is 0.775. The summed E-state index contributed by atoms with van der Waals surface area (Å²) in [6.45, 7) is 34.2. The average molecular weight is 1670 g/mol. The van der Waals surface area contributed by atoms with Crippen molar-refractivity contribution in [3.8, 4) is 0 Å². The van der Waals surface area contributed by atoms with Crippen molar-refractivity contribution in [2.24, 2.45) is 57.7 Å². The van der Waals surface area contributed by atoms with Gasteiger partial charge in [0.25, 0.3) is 0 Å². The number of carbonyl (C=O) groups is 2. The molecule has 117 heavy (non-hydrogen) atoms. The fourth-order valence-corrected chi connectivity index (χ4v) is 18.8. The van der Waals surface area contributed by atoms with Crippen molar-refractivity contribution in [1.29, 1.82) is 0 Å². The molecule has 7 rings (SSSR count). The molecule has 676 valence electrons. The maximum absolute atomic E-state index is 15.0. The molecule has 1 aromatic carbocycles. The fraction of sp³-hybridized carbons (Fsp3) is 0.882. The molecule has 32 nitrogen and oxygen atoms in total. The molecule has 32 heteroatoms. The molecule has 0 bridgehead atoms. The monoisotopic (exact) mass is 1670 g/mol. The first-order valence-corrected chi connectivity index (χ1v) is 42.2. The first-order valence-electron chi connectivity index (χ1n) is 42.2. The predicted octanol–water partition coefficient (Wildman–Crippen LogP) is 5.75. The molecule has 0 aliphatic carbocycles. The number of ether oxygens (including phenoxy) is 14. The van der Waals surface area contributed by atoms with E-state index in [9.17, 15) is 60.7 Å². The highest BCUT2D eigenvalue weighted by Gasteiger charge is 2.58. The predicted molar refractivity (Wildman–Crippen MR) is 430 cm³/mol. The molecule has 6 fully saturated rings. The van der Waals surface area contributed by atoms with E-state index in [1.54, 1.807) is 104 Å². The van der Waals surface area contributed by atoms with Gasteiger partial charge in [0.15, 0.2) is 25.2 Å². The number of likely N-dealkylation sites (N-methyl/N-ethyl adjacent to an activating group) is 2. The van der Waals surface area contributed by atoms with Crippen molar-refractivity contribution in [3.63, 3.8) is 0 Å². The molecule has 0 radical (unpaired) electrons. The Morgan fingerprint density at radius 3 is 1.25 bits per heavy atom. The third-order valence-corrected chi connectivity index (χ3v) is 26.3. The fourth-order valence-electron chi connectivity index (χ4n) is 18.8. The second-order valence-corrected chi connectivity index (χ2v) is 36.1. The van der Waals surface area contributed by atoms with Gasteiger partial charge in [0.05, 0.1) is 120 Å². The SMILES string of the molecule is CC[C@H]1OC(=O)[C@H](C)[C@@H](O[C@H]2C[C@@](C)(OC)[C@@H](O)[C@H](C)O2)[C@H](C)[C@@H](O[C@@H]2O[C@H](C)C[C@H](N(C)CCN(C)[C@H]3C[C@@H](C)O[C@@H](O[C@@H]4[C@@H](C)[C@H](O[C@H]5C[C@@](C)(OC)[C@@H](O)[C@H](C)O5)[C@@H](C)C(=O)O[C@H](CC)[C@@](C)(O)[C@H](O)[C@@H](C)/C(=N\OCc5ccccc5)[C@H](C)C[C@@]4(C)O)[C@@H]3O)[C@H]2O)[C@](C)(O)C[C@@H](C)/C(=N/OCOCCOC)[C@H](C)[C@@H](O)[C@]1(C)O. The minimum Gasteiger partial charge on any atom is -0.459 e. The summed E-state index contributed by atoms with van der Waals surface area (Å²) >= 11 is 0. The number of carbonyl (C=O) groups excluding carboxylic acids is 2. The Morgan fingerprint density at radius 1 is 0.496 bits per heavy atom. The smallest absolute Gasteiger partial charge is 0.311 e. The Bertz CT molecular complexity index is 3270. The van der Waals surface area contributed by atoms with Crippen LogP contribution < -0.4 is 0 Å². The highest BCUT2D eigenvalue weighted by molar-refractivity contribution is 5.89. The van der Waals surface area contributed by atoms with Crippen LogP contribution in [0, 0.1) is 47.3 Å². The van der Waals surface area contributed by atoms with Crippen LogP contribution in [0.4, 0.5) is 0 Å².